The average molecular weight is 214 g/mol. The molecule has 1 fully saturated rings. The standard InChI is InChI=1S/C11H22N2O2/c1-3-6-12-10-5-8-13(11(10)14)7-4-9-15-2/h10,12H,3-9H2,1-2H3. The fraction of sp³-hybridized carbons (Fsp3) is 0.909. The first-order valence-corrected chi connectivity index (χ1v) is 5.80. The van der Waals surface area contributed by atoms with Gasteiger partial charge in [-0.3, -0.25) is 4.79 Å². The lowest BCUT2D eigenvalue weighted by molar-refractivity contribution is -0.129. The van der Waals surface area contributed by atoms with Crippen LogP contribution < -0.4 is 5.32 Å². The molecular formula is C11H22N2O2. The largest absolute Gasteiger partial charge is 0.385 e. The van der Waals surface area contributed by atoms with Gasteiger partial charge >= 0.3 is 0 Å². The minimum atomic E-state index is 0.0625. The summed E-state index contributed by atoms with van der Waals surface area (Å²) >= 11 is 0. The maximum atomic E-state index is 11.8. The lowest BCUT2D eigenvalue weighted by atomic mass is 10.2. The molecule has 0 aromatic carbocycles. The molecule has 0 aliphatic carbocycles. The predicted octanol–water partition coefficient (Wildman–Crippen LogP) is 0.623. The second-order valence-electron chi connectivity index (χ2n) is 3.97. The monoisotopic (exact) mass is 214 g/mol. The molecule has 0 spiro atoms. The highest BCUT2D eigenvalue weighted by molar-refractivity contribution is 5.83. The van der Waals surface area contributed by atoms with E-state index in [-0.39, 0.29) is 11.9 Å². The van der Waals surface area contributed by atoms with E-state index in [0.29, 0.717) is 0 Å². The molecular weight excluding hydrogens is 192 g/mol. The second kappa shape index (κ2) is 6.80. The van der Waals surface area contributed by atoms with Gasteiger partial charge in [0.05, 0.1) is 6.04 Å². The van der Waals surface area contributed by atoms with E-state index in [1.54, 1.807) is 7.11 Å². The normalized spacial score (nSPS) is 21.3. The molecule has 1 amide bonds. The molecule has 1 N–H and O–H groups in total. The quantitative estimate of drug-likeness (QED) is 0.632. The summed E-state index contributed by atoms with van der Waals surface area (Å²) in [5, 5.41) is 3.28. The van der Waals surface area contributed by atoms with E-state index in [9.17, 15) is 4.79 Å². The van der Waals surface area contributed by atoms with E-state index in [4.69, 9.17) is 4.74 Å². The molecule has 1 saturated heterocycles. The van der Waals surface area contributed by atoms with Crippen molar-refractivity contribution >= 4 is 5.91 Å². The first-order chi connectivity index (χ1) is 7.29. The van der Waals surface area contributed by atoms with Crippen molar-refractivity contribution in [3.8, 4) is 0 Å². The maximum absolute atomic E-state index is 11.8. The first-order valence-electron chi connectivity index (χ1n) is 5.80. The highest BCUT2D eigenvalue weighted by Gasteiger charge is 2.30. The minimum Gasteiger partial charge on any atom is -0.385 e. The van der Waals surface area contributed by atoms with Crippen molar-refractivity contribution in [3.05, 3.63) is 0 Å². The van der Waals surface area contributed by atoms with Crippen LogP contribution in [-0.4, -0.2) is 50.2 Å². The molecule has 1 atom stereocenters. The highest BCUT2D eigenvalue weighted by Crippen LogP contribution is 2.11. The molecule has 0 saturated carbocycles. The van der Waals surface area contributed by atoms with Crippen molar-refractivity contribution in [1.29, 1.82) is 0 Å². The Kier molecular flexibility index (Phi) is 5.65. The van der Waals surface area contributed by atoms with Crippen molar-refractivity contribution < 1.29 is 9.53 Å². The number of hydrogen-bond acceptors (Lipinski definition) is 3. The number of amides is 1. The fourth-order valence-electron chi connectivity index (χ4n) is 1.87. The van der Waals surface area contributed by atoms with Crippen molar-refractivity contribution in [2.45, 2.75) is 32.2 Å². The summed E-state index contributed by atoms with van der Waals surface area (Å²) in [5.74, 6) is 0.263. The van der Waals surface area contributed by atoms with Crippen LogP contribution >= 0.6 is 0 Å². The van der Waals surface area contributed by atoms with E-state index < -0.39 is 0 Å². The van der Waals surface area contributed by atoms with Crippen LogP contribution in [0, 0.1) is 0 Å². The lowest BCUT2D eigenvalue weighted by Crippen LogP contribution is -2.39. The van der Waals surface area contributed by atoms with Crippen molar-refractivity contribution in [2.75, 3.05) is 33.4 Å². The van der Waals surface area contributed by atoms with Gasteiger partial charge < -0.3 is 15.0 Å². The summed E-state index contributed by atoms with van der Waals surface area (Å²) in [5.41, 5.74) is 0. The number of rotatable bonds is 7. The highest BCUT2D eigenvalue weighted by atomic mass is 16.5. The molecule has 4 nitrogen and oxygen atoms in total. The first kappa shape index (κ1) is 12.5. The zero-order valence-electron chi connectivity index (χ0n) is 9.79. The number of likely N-dealkylation sites (tertiary alicyclic amines) is 1. The predicted molar refractivity (Wildman–Crippen MR) is 59.8 cm³/mol. The van der Waals surface area contributed by atoms with E-state index in [1.165, 1.54) is 0 Å². The smallest absolute Gasteiger partial charge is 0.239 e. The van der Waals surface area contributed by atoms with Crippen LogP contribution in [0.15, 0.2) is 0 Å². The average Bonchev–Trinajstić information content (AvgIpc) is 2.58. The number of ether oxygens (including phenoxy) is 1. The molecule has 4 heteroatoms. The van der Waals surface area contributed by atoms with E-state index in [1.807, 2.05) is 4.90 Å². The second-order valence-corrected chi connectivity index (χ2v) is 3.97. The van der Waals surface area contributed by atoms with Crippen LogP contribution in [0.5, 0.6) is 0 Å². The van der Waals surface area contributed by atoms with Crippen LogP contribution in [0.2, 0.25) is 0 Å². The Hall–Kier alpha value is -0.610. The summed E-state index contributed by atoms with van der Waals surface area (Å²) < 4.78 is 4.98. The molecule has 0 bridgehead atoms. The third kappa shape index (κ3) is 3.80. The number of carbonyl (C=O) groups excluding carboxylic acids is 1. The Morgan fingerprint density at radius 1 is 1.60 bits per heavy atom. The van der Waals surface area contributed by atoms with Gasteiger partial charge in [-0.15, -0.1) is 0 Å². The molecule has 1 aliphatic heterocycles. The summed E-state index contributed by atoms with van der Waals surface area (Å²) in [6.07, 6.45) is 2.96. The molecule has 0 radical (unpaired) electrons. The lowest BCUT2D eigenvalue weighted by Gasteiger charge is -2.16. The Bertz CT molecular complexity index is 197. The van der Waals surface area contributed by atoms with Crippen LogP contribution in [-0.2, 0) is 9.53 Å². The van der Waals surface area contributed by atoms with Gasteiger partial charge in [0.1, 0.15) is 0 Å². The molecule has 1 aliphatic rings. The number of methoxy groups -OCH3 is 1. The van der Waals surface area contributed by atoms with Crippen LogP contribution in [0.1, 0.15) is 26.2 Å². The number of carbonyl (C=O) groups is 1. The molecule has 88 valence electrons. The minimum absolute atomic E-state index is 0.0625. The zero-order chi connectivity index (χ0) is 11.1. The topological polar surface area (TPSA) is 41.6 Å². The number of nitrogens with one attached hydrogen (secondary N) is 1. The van der Waals surface area contributed by atoms with Crippen LogP contribution in [0.4, 0.5) is 0 Å². The van der Waals surface area contributed by atoms with Gasteiger partial charge in [0.25, 0.3) is 0 Å². The zero-order valence-corrected chi connectivity index (χ0v) is 9.79. The summed E-state index contributed by atoms with van der Waals surface area (Å²) in [6.45, 7) is 5.50. The van der Waals surface area contributed by atoms with Gasteiger partial charge in [0, 0.05) is 26.8 Å². The van der Waals surface area contributed by atoms with Crippen molar-refractivity contribution in [3.63, 3.8) is 0 Å². The summed E-state index contributed by atoms with van der Waals surface area (Å²) in [6, 6.07) is 0.0625. The van der Waals surface area contributed by atoms with E-state index >= 15 is 0 Å². The van der Waals surface area contributed by atoms with Crippen molar-refractivity contribution in [1.82, 2.24) is 10.2 Å². The maximum Gasteiger partial charge on any atom is 0.239 e. The van der Waals surface area contributed by atoms with Gasteiger partial charge in [-0.25, -0.2) is 0 Å². The molecule has 0 aromatic rings. The Morgan fingerprint density at radius 3 is 3.07 bits per heavy atom. The Balaban J connectivity index is 2.22. The van der Waals surface area contributed by atoms with Crippen LogP contribution in [0.3, 0.4) is 0 Å². The fourth-order valence-corrected chi connectivity index (χ4v) is 1.87. The summed E-state index contributed by atoms with van der Waals surface area (Å²) in [4.78, 5) is 13.8. The molecule has 1 unspecified atom stereocenters. The van der Waals surface area contributed by atoms with E-state index in [2.05, 4.69) is 12.2 Å². The molecule has 15 heavy (non-hydrogen) atoms. The Morgan fingerprint density at radius 2 is 2.40 bits per heavy atom. The number of hydrogen-bond donors (Lipinski definition) is 1. The van der Waals surface area contributed by atoms with Gasteiger partial charge in [-0.05, 0) is 25.8 Å². The van der Waals surface area contributed by atoms with E-state index in [0.717, 1.165) is 45.5 Å². The van der Waals surface area contributed by atoms with Gasteiger partial charge in [0.2, 0.25) is 5.91 Å². The molecule has 0 aromatic heterocycles. The Labute approximate surface area is 92.0 Å². The van der Waals surface area contributed by atoms with Crippen LogP contribution in [0.25, 0.3) is 0 Å². The molecule has 1 rings (SSSR count). The molecule has 1 heterocycles. The van der Waals surface area contributed by atoms with Gasteiger partial charge in [-0.2, -0.15) is 0 Å². The van der Waals surface area contributed by atoms with Gasteiger partial charge in [0.15, 0.2) is 0 Å². The SMILES string of the molecule is CCCNC1CCN(CCCOC)C1=O. The number of nitrogens with zero attached hydrogens (tertiary/aromatic N) is 1. The summed E-state index contributed by atoms with van der Waals surface area (Å²) in [7, 11) is 1.69. The van der Waals surface area contributed by atoms with Crippen molar-refractivity contribution in [2.24, 2.45) is 0 Å². The third-order valence-corrected chi connectivity index (χ3v) is 2.71. The van der Waals surface area contributed by atoms with Gasteiger partial charge in [-0.1, -0.05) is 6.92 Å². The third-order valence-electron chi connectivity index (χ3n) is 2.71.